The maximum absolute atomic E-state index is 11.8. The Balaban J connectivity index is 1.80. The fourth-order valence-electron chi connectivity index (χ4n) is 1.88. The van der Waals surface area contributed by atoms with Gasteiger partial charge in [-0.25, -0.2) is 0 Å². The Morgan fingerprint density at radius 1 is 1.37 bits per heavy atom. The van der Waals surface area contributed by atoms with Crippen molar-refractivity contribution in [2.45, 2.75) is 26.2 Å². The normalized spacial score (nSPS) is 10.4. The van der Waals surface area contributed by atoms with Gasteiger partial charge in [-0.05, 0) is 55.0 Å². The predicted molar refractivity (Wildman–Crippen MR) is 78.7 cm³/mol. The molecule has 2 rings (SSSR count). The van der Waals surface area contributed by atoms with Crippen LogP contribution in [0.3, 0.4) is 0 Å². The molecule has 1 aromatic carbocycles. The zero-order valence-electron chi connectivity index (χ0n) is 10.8. The van der Waals surface area contributed by atoms with Crippen LogP contribution < -0.4 is 5.32 Å². The zero-order chi connectivity index (χ0) is 13.7. The van der Waals surface area contributed by atoms with Crippen molar-refractivity contribution in [3.63, 3.8) is 0 Å². The molecule has 2 N–H and O–H groups in total. The number of rotatable bonds is 5. The summed E-state index contributed by atoms with van der Waals surface area (Å²) >= 11 is 1.72. The van der Waals surface area contributed by atoms with Crippen molar-refractivity contribution < 1.29 is 9.90 Å². The minimum Gasteiger partial charge on any atom is -0.508 e. The summed E-state index contributed by atoms with van der Waals surface area (Å²) in [5, 5.41) is 14.2. The van der Waals surface area contributed by atoms with E-state index in [1.165, 1.54) is 4.88 Å². The number of nitrogens with one attached hydrogen (secondary N) is 1. The third-order valence-corrected chi connectivity index (χ3v) is 3.83. The Hall–Kier alpha value is -1.81. The molecule has 0 atom stereocenters. The van der Waals surface area contributed by atoms with Gasteiger partial charge in [-0.3, -0.25) is 4.79 Å². The van der Waals surface area contributed by atoms with Crippen LogP contribution >= 0.6 is 11.3 Å². The summed E-state index contributed by atoms with van der Waals surface area (Å²) in [6.07, 6.45) is 2.31. The van der Waals surface area contributed by atoms with Crippen LogP contribution in [-0.2, 0) is 11.2 Å². The largest absolute Gasteiger partial charge is 0.508 e. The van der Waals surface area contributed by atoms with E-state index >= 15 is 0 Å². The summed E-state index contributed by atoms with van der Waals surface area (Å²) in [4.78, 5) is 13.1. The Morgan fingerprint density at radius 3 is 2.89 bits per heavy atom. The molecule has 0 spiro atoms. The van der Waals surface area contributed by atoms with Gasteiger partial charge >= 0.3 is 0 Å². The van der Waals surface area contributed by atoms with Crippen molar-refractivity contribution in [2.75, 3.05) is 5.32 Å². The number of amides is 1. The van der Waals surface area contributed by atoms with Gasteiger partial charge < -0.3 is 10.4 Å². The minimum atomic E-state index is 0.0188. The van der Waals surface area contributed by atoms with E-state index in [-0.39, 0.29) is 11.7 Å². The van der Waals surface area contributed by atoms with Crippen LogP contribution in [0.1, 0.15) is 23.3 Å². The number of anilines is 1. The fraction of sp³-hybridized carbons (Fsp3) is 0.267. The van der Waals surface area contributed by atoms with E-state index < -0.39 is 0 Å². The Kier molecular flexibility index (Phi) is 4.58. The molecule has 0 unspecified atom stereocenters. The van der Waals surface area contributed by atoms with Gasteiger partial charge in [0.2, 0.25) is 5.91 Å². The second kappa shape index (κ2) is 6.38. The molecule has 0 aliphatic heterocycles. The monoisotopic (exact) mass is 275 g/mol. The summed E-state index contributed by atoms with van der Waals surface area (Å²) in [5.74, 6) is 0.235. The summed E-state index contributed by atoms with van der Waals surface area (Å²) in [6, 6.07) is 9.06. The minimum absolute atomic E-state index is 0.0188. The molecular formula is C15H17NO2S. The predicted octanol–water partition coefficient (Wildman–Crippen LogP) is 3.72. The van der Waals surface area contributed by atoms with E-state index in [2.05, 4.69) is 16.8 Å². The van der Waals surface area contributed by atoms with Gasteiger partial charge in [0, 0.05) is 17.0 Å². The topological polar surface area (TPSA) is 49.3 Å². The van der Waals surface area contributed by atoms with Crippen molar-refractivity contribution in [3.8, 4) is 5.75 Å². The molecule has 1 heterocycles. The van der Waals surface area contributed by atoms with Crippen LogP contribution in [0.4, 0.5) is 5.69 Å². The molecule has 1 amide bonds. The lowest BCUT2D eigenvalue weighted by atomic mass is 10.1. The van der Waals surface area contributed by atoms with Crippen LogP contribution in [0.5, 0.6) is 5.75 Å². The van der Waals surface area contributed by atoms with Gasteiger partial charge in [-0.2, -0.15) is 0 Å². The Labute approximate surface area is 116 Å². The lowest BCUT2D eigenvalue weighted by molar-refractivity contribution is -0.116. The Morgan fingerprint density at radius 2 is 2.21 bits per heavy atom. The van der Waals surface area contributed by atoms with Crippen LogP contribution in [0, 0.1) is 6.92 Å². The van der Waals surface area contributed by atoms with Gasteiger partial charge in [-0.1, -0.05) is 6.07 Å². The molecule has 0 fully saturated rings. The van der Waals surface area contributed by atoms with Crippen molar-refractivity contribution in [2.24, 2.45) is 0 Å². The second-order valence-electron chi connectivity index (χ2n) is 4.48. The molecule has 0 aliphatic rings. The molecule has 0 aliphatic carbocycles. The van der Waals surface area contributed by atoms with Crippen molar-refractivity contribution in [3.05, 3.63) is 46.2 Å². The van der Waals surface area contributed by atoms with Crippen LogP contribution in [0.15, 0.2) is 35.7 Å². The number of carbonyl (C=O) groups excluding carboxylic acids is 1. The summed E-state index contributed by atoms with van der Waals surface area (Å²) < 4.78 is 0. The SMILES string of the molecule is Cc1cc(O)ccc1NC(=O)CCCc1cccs1. The molecule has 19 heavy (non-hydrogen) atoms. The van der Waals surface area contributed by atoms with E-state index in [4.69, 9.17) is 0 Å². The van der Waals surface area contributed by atoms with E-state index in [1.54, 1.807) is 29.5 Å². The molecule has 0 saturated heterocycles. The molecule has 0 radical (unpaired) electrons. The molecule has 100 valence electrons. The van der Waals surface area contributed by atoms with Gasteiger partial charge in [0.1, 0.15) is 5.75 Å². The highest BCUT2D eigenvalue weighted by molar-refractivity contribution is 7.09. The van der Waals surface area contributed by atoms with E-state index in [0.717, 1.165) is 24.1 Å². The van der Waals surface area contributed by atoms with Crippen molar-refractivity contribution in [1.29, 1.82) is 0 Å². The lowest BCUT2D eigenvalue weighted by Gasteiger charge is -2.08. The third-order valence-electron chi connectivity index (χ3n) is 2.89. The molecule has 2 aromatic rings. The van der Waals surface area contributed by atoms with Gasteiger partial charge in [0.15, 0.2) is 0 Å². The third kappa shape index (κ3) is 4.10. The van der Waals surface area contributed by atoms with Crippen molar-refractivity contribution >= 4 is 22.9 Å². The molecule has 0 bridgehead atoms. The first kappa shape index (κ1) is 13.6. The number of hydrogen-bond acceptors (Lipinski definition) is 3. The number of phenols is 1. The first-order chi connectivity index (χ1) is 9.15. The lowest BCUT2D eigenvalue weighted by Crippen LogP contribution is -2.12. The molecule has 1 aromatic heterocycles. The highest BCUT2D eigenvalue weighted by Crippen LogP contribution is 2.20. The summed E-state index contributed by atoms with van der Waals surface area (Å²) in [7, 11) is 0. The molecule has 4 heteroatoms. The standard InChI is InChI=1S/C15H17NO2S/c1-11-10-12(17)7-8-14(11)16-15(18)6-2-4-13-5-3-9-19-13/h3,5,7-10,17H,2,4,6H2,1H3,(H,16,18). The molecule has 3 nitrogen and oxygen atoms in total. The average molecular weight is 275 g/mol. The maximum atomic E-state index is 11.8. The zero-order valence-corrected chi connectivity index (χ0v) is 11.7. The number of aryl methyl sites for hydroxylation is 2. The number of phenolic OH excluding ortho intramolecular Hbond substituents is 1. The van der Waals surface area contributed by atoms with Crippen molar-refractivity contribution in [1.82, 2.24) is 0 Å². The quantitative estimate of drug-likeness (QED) is 0.817. The van der Waals surface area contributed by atoms with E-state index in [9.17, 15) is 9.90 Å². The summed E-state index contributed by atoms with van der Waals surface area (Å²) in [5.41, 5.74) is 1.63. The number of aromatic hydroxyl groups is 1. The van der Waals surface area contributed by atoms with Crippen LogP contribution in [0.2, 0.25) is 0 Å². The number of benzene rings is 1. The fourth-order valence-corrected chi connectivity index (χ4v) is 2.63. The van der Waals surface area contributed by atoms with Crippen LogP contribution in [-0.4, -0.2) is 11.0 Å². The average Bonchev–Trinajstić information content (AvgIpc) is 2.86. The first-order valence-electron chi connectivity index (χ1n) is 6.27. The molecule has 0 saturated carbocycles. The van der Waals surface area contributed by atoms with Crippen LogP contribution in [0.25, 0.3) is 0 Å². The maximum Gasteiger partial charge on any atom is 0.224 e. The summed E-state index contributed by atoms with van der Waals surface area (Å²) in [6.45, 7) is 1.86. The van der Waals surface area contributed by atoms with E-state index in [0.29, 0.717) is 6.42 Å². The number of thiophene rings is 1. The van der Waals surface area contributed by atoms with Gasteiger partial charge in [-0.15, -0.1) is 11.3 Å². The van der Waals surface area contributed by atoms with E-state index in [1.807, 2.05) is 13.0 Å². The number of hydrogen-bond donors (Lipinski definition) is 2. The molecular weight excluding hydrogens is 258 g/mol. The van der Waals surface area contributed by atoms with Gasteiger partial charge in [0.25, 0.3) is 0 Å². The highest BCUT2D eigenvalue weighted by Gasteiger charge is 2.05. The smallest absolute Gasteiger partial charge is 0.224 e. The highest BCUT2D eigenvalue weighted by atomic mass is 32.1. The second-order valence-corrected chi connectivity index (χ2v) is 5.51. The first-order valence-corrected chi connectivity index (χ1v) is 7.15. The number of carbonyl (C=O) groups is 1. The Bertz CT molecular complexity index is 549. The van der Waals surface area contributed by atoms with Gasteiger partial charge in [0.05, 0.1) is 0 Å².